The van der Waals surface area contributed by atoms with Gasteiger partial charge >= 0.3 is 0 Å². The number of aliphatic hydroxyl groups is 3. The zero-order chi connectivity index (χ0) is 19.4. The maximum Gasteiger partial charge on any atom is 0.186 e. The van der Waals surface area contributed by atoms with Crippen molar-refractivity contribution < 1.29 is 24.8 Å². The maximum atomic E-state index is 10.1. The number of hydrogen-bond donors (Lipinski definition) is 3. The van der Waals surface area contributed by atoms with Crippen molar-refractivity contribution in [1.29, 1.82) is 0 Å². The van der Waals surface area contributed by atoms with Crippen LogP contribution >= 0.6 is 0 Å². The van der Waals surface area contributed by atoms with Crippen molar-refractivity contribution in [2.75, 3.05) is 14.2 Å². The van der Waals surface area contributed by atoms with Crippen LogP contribution in [0.1, 0.15) is 11.3 Å². The molecule has 1 fully saturated rings. The molecule has 0 aliphatic carbocycles. The van der Waals surface area contributed by atoms with Crippen molar-refractivity contribution in [2.24, 2.45) is 0 Å². The highest BCUT2D eigenvalue weighted by Gasteiger charge is 2.44. The van der Waals surface area contributed by atoms with Gasteiger partial charge in [0.15, 0.2) is 6.29 Å². The van der Waals surface area contributed by atoms with Gasteiger partial charge in [-0.1, -0.05) is 35.5 Å². The Morgan fingerprint density at radius 1 is 1.11 bits per heavy atom. The van der Waals surface area contributed by atoms with E-state index in [-0.39, 0.29) is 6.54 Å². The van der Waals surface area contributed by atoms with E-state index >= 15 is 0 Å². The fraction of sp³-hybridized carbons (Fsp3) is 0.556. The molecule has 1 aliphatic rings. The van der Waals surface area contributed by atoms with Crippen LogP contribution in [0.3, 0.4) is 0 Å². The Kier molecular flexibility index (Phi) is 6.53. The Bertz CT molecular complexity index is 711. The quantitative estimate of drug-likeness (QED) is 0.583. The van der Waals surface area contributed by atoms with Gasteiger partial charge in [-0.05, 0) is 12.6 Å². The summed E-state index contributed by atoms with van der Waals surface area (Å²) in [6.45, 7) is 1.59. The first-order chi connectivity index (χ1) is 13.0. The molecule has 2 heterocycles. The molecule has 5 atom stereocenters. The van der Waals surface area contributed by atoms with Gasteiger partial charge in [0.1, 0.15) is 24.4 Å². The monoisotopic (exact) mass is 378 g/mol. The van der Waals surface area contributed by atoms with Crippen molar-refractivity contribution in [3.63, 3.8) is 0 Å². The lowest BCUT2D eigenvalue weighted by molar-refractivity contribution is -0.292. The third kappa shape index (κ3) is 4.89. The first-order valence-corrected chi connectivity index (χ1v) is 8.82. The molecule has 3 rings (SSSR count). The van der Waals surface area contributed by atoms with E-state index in [1.807, 2.05) is 25.2 Å². The van der Waals surface area contributed by atoms with Crippen molar-refractivity contribution in [3.05, 3.63) is 47.8 Å². The van der Waals surface area contributed by atoms with Crippen LogP contribution in [0, 0.1) is 0 Å². The van der Waals surface area contributed by atoms with Gasteiger partial charge in [0.2, 0.25) is 0 Å². The molecule has 0 amide bonds. The Balaban J connectivity index is 1.57. The minimum absolute atomic E-state index is 0.181. The van der Waals surface area contributed by atoms with Gasteiger partial charge in [0.25, 0.3) is 0 Å². The molecule has 27 heavy (non-hydrogen) atoms. The van der Waals surface area contributed by atoms with Crippen LogP contribution in [0.25, 0.3) is 0 Å². The fourth-order valence-electron chi connectivity index (χ4n) is 3.17. The second-order valence-corrected chi connectivity index (χ2v) is 6.84. The maximum absolute atomic E-state index is 10.1. The van der Waals surface area contributed by atoms with Crippen molar-refractivity contribution in [3.8, 4) is 0 Å². The Morgan fingerprint density at radius 3 is 2.56 bits per heavy atom. The van der Waals surface area contributed by atoms with E-state index in [2.05, 4.69) is 27.3 Å². The summed E-state index contributed by atoms with van der Waals surface area (Å²) in [5.41, 5.74) is 1.99. The van der Waals surface area contributed by atoms with Gasteiger partial charge in [-0.15, -0.1) is 5.10 Å². The third-order valence-corrected chi connectivity index (χ3v) is 4.58. The first-order valence-electron chi connectivity index (χ1n) is 8.82. The lowest BCUT2D eigenvalue weighted by Gasteiger charge is -2.39. The Labute approximate surface area is 157 Å². The largest absolute Gasteiger partial charge is 0.388 e. The SMILES string of the molecule is CO[C@@H]1O[C@H](Cn2cc(CN(C)Cc3ccccc3)nn2)[C@H](O)[C@H](O)[C@H]1O. The predicted molar refractivity (Wildman–Crippen MR) is 95.3 cm³/mol. The Hall–Kier alpha value is -1.88. The molecule has 1 aliphatic heterocycles. The molecule has 1 saturated heterocycles. The first kappa shape index (κ1) is 19.9. The number of nitrogens with zero attached hydrogens (tertiary/aromatic N) is 4. The molecular formula is C18H26N4O5. The van der Waals surface area contributed by atoms with Gasteiger partial charge in [-0.25, -0.2) is 4.68 Å². The van der Waals surface area contributed by atoms with Gasteiger partial charge in [-0.2, -0.15) is 0 Å². The minimum atomic E-state index is -1.35. The van der Waals surface area contributed by atoms with Crippen LogP contribution in [0.5, 0.6) is 0 Å². The van der Waals surface area contributed by atoms with E-state index in [9.17, 15) is 15.3 Å². The number of rotatable bonds is 7. The highest BCUT2D eigenvalue weighted by atomic mass is 16.7. The van der Waals surface area contributed by atoms with Crippen LogP contribution in [-0.4, -0.2) is 80.1 Å². The molecule has 148 valence electrons. The number of aromatic nitrogens is 3. The second-order valence-electron chi connectivity index (χ2n) is 6.84. The smallest absolute Gasteiger partial charge is 0.186 e. The van der Waals surface area contributed by atoms with E-state index in [4.69, 9.17) is 9.47 Å². The van der Waals surface area contributed by atoms with Crippen LogP contribution in [0.2, 0.25) is 0 Å². The van der Waals surface area contributed by atoms with Gasteiger partial charge < -0.3 is 24.8 Å². The minimum Gasteiger partial charge on any atom is -0.388 e. The van der Waals surface area contributed by atoms with Crippen LogP contribution in [-0.2, 0) is 29.1 Å². The molecule has 9 heteroatoms. The molecule has 1 aromatic heterocycles. The zero-order valence-electron chi connectivity index (χ0n) is 15.4. The molecule has 0 saturated carbocycles. The highest BCUT2D eigenvalue weighted by molar-refractivity contribution is 5.14. The summed E-state index contributed by atoms with van der Waals surface area (Å²) in [7, 11) is 3.37. The summed E-state index contributed by atoms with van der Waals surface area (Å²) in [4.78, 5) is 2.12. The molecule has 0 spiro atoms. The highest BCUT2D eigenvalue weighted by Crippen LogP contribution is 2.22. The molecule has 0 unspecified atom stereocenters. The molecule has 1 aromatic carbocycles. The molecule has 2 aromatic rings. The summed E-state index contributed by atoms with van der Waals surface area (Å²) >= 11 is 0. The lowest BCUT2D eigenvalue weighted by atomic mass is 9.99. The van der Waals surface area contributed by atoms with E-state index in [1.54, 1.807) is 10.9 Å². The summed E-state index contributed by atoms with van der Waals surface area (Å²) in [6, 6.07) is 10.1. The average molecular weight is 378 g/mol. The summed E-state index contributed by atoms with van der Waals surface area (Å²) in [5, 5.41) is 38.1. The third-order valence-electron chi connectivity index (χ3n) is 4.58. The average Bonchev–Trinajstić information content (AvgIpc) is 3.09. The molecule has 3 N–H and O–H groups in total. The van der Waals surface area contributed by atoms with Gasteiger partial charge in [-0.3, -0.25) is 4.90 Å². The van der Waals surface area contributed by atoms with Crippen molar-refractivity contribution in [1.82, 2.24) is 19.9 Å². The number of methoxy groups -OCH3 is 1. The van der Waals surface area contributed by atoms with Crippen molar-refractivity contribution >= 4 is 0 Å². The second kappa shape index (κ2) is 8.87. The van der Waals surface area contributed by atoms with Crippen molar-refractivity contribution in [2.45, 2.75) is 50.3 Å². The fourth-order valence-corrected chi connectivity index (χ4v) is 3.17. The summed E-state index contributed by atoms with van der Waals surface area (Å²) in [6.07, 6.45) is -3.91. The number of ether oxygens (including phenoxy) is 2. The lowest BCUT2D eigenvalue weighted by Crippen LogP contribution is -2.58. The van der Waals surface area contributed by atoms with Crippen LogP contribution in [0.15, 0.2) is 36.5 Å². The molecule has 0 bridgehead atoms. The molecule has 9 nitrogen and oxygen atoms in total. The molecule has 0 radical (unpaired) electrons. The van der Waals surface area contributed by atoms with E-state index in [0.29, 0.717) is 6.54 Å². The van der Waals surface area contributed by atoms with Crippen LogP contribution < -0.4 is 0 Å². The number of benzene rings is 1. The van der Waals surface area contributed by atoms with Gasteiger partial charge in [0.05, 0.1) is 12.2 Å². The summed E-state index contributed by atoms with van der Waals surface area (Å²) < 4.78 is 12.1. The number of aliphatic hydroxyl groups excluding tert-OH is 3. The van der Waals surface area contributed by atoms with Crippen LogP contribution in [0.4, 0.5) is 0 Å². The van der Waals surface area contributed by atoms with E-state index in [0.717, 1.165) is 12.2 Å². The topological polar surface area (TPSA) is 113 Å². The van der Waals surface area contributed by atoms with E-state index < -0.39 is 30.7 Å². The Morgan fingerprint density at radius 2 is 1.85 bits per heavy atom. The predicted octanol–water partition coefficient (Wildman–Crippen LogP) is -0.636. The van der Waals surface area contributed by atoms with E-state index in [1.165, 1.54) is 12.7 Å². The number of hydrogen-bond acceptors (Lipinski definition) is 8. The zero-order valence-corrected chi connectivity index (χ0v) is 15.4. The molecular weight excluding hydrogens is 352 g/mol. The normalized spacial score (nSPS) is 28.6. The summed E-state index contributed by atoms with van der Waals surface area (Å²) in [5.74, 6) is 0. The van der Waals surface area contributed by atoms with Gasteiger partial charge in [0, 0.05) is 26.4 Å². The standard InChI is InChI=1S/C18H26N4O5/c1-21(8-12-6-4-3-5-7-12)9-13-10-22(20-19-13)11-14-15(23)16(24)17(25)18(26-2)27-14/h3-7,10,14-18,23-25H,8-9,11H2,1-2H3/t14-,15+,16+,17-,18-/m1/s1.